The summed E-state index contributed by atoms with van der Waals surface area (Å²) in [5, 5.41) is 0. The van der Waals surface area contributed by atoms with E-state index in [0.29, 0.717) is 12.8 Å². The smallest absolute Gasteiger partial charge is 0.306 e. The summed E-state index contributed by atoms with van der Waals surface area (Å²) < 4.78 is 5.03. The third-order valence-corrected chi connectivity index (χ3v) is 2.45. The zero-order valence-corrected chi connectivity index (χ0v) is 8.37. The average Bonchev–Trinajstić information content (AvgIpc) is 2.30. The fourth-order valence-electron chi connectivity index (χ4n) is 1.40. The lowest BCUT2D eigenvalue weighted by Crippen LogP contribution is -2.21. The molecule has 0 aromatic heterocycles. The van der Waals surface area contributed by atoms with Crippen LogP contribution in [0.3, 0.4) is 0 Å². The molecule has 1 saturated heterocycles. The highest BCUT2D eigenvalue weighted by Gasteiger charge is 2.33. The normalized spacial score (nSPS) is 27.8. The van der Waals surface area contributed by atoms with Crippen molar-refractivity contribution >= 4 is 11.8 Å². The van der Waals surface area contributed by atoms with Crippen LogP contribution < -0.4 is 0 Å². The van der Waals surface area contributed by atoms with Crippen LogP contribution >= 0.6 is 0 Å². The lowest BCUT2D eigenvalue weighted by atomic mass is 9.95. The lowest BCUT2D eigenvalue weighted by molar-refractivity contribution is -0.142. The Kier molecular flexibility index (Phi) is 3.07. The van der Waals surface area contributed by atoms with Crippen molar-refractivity contribution in [3.8, 4) is 0 Å². The van der Waals surface area contributed by atoms with Crippen molar-refractivity contribution in [2.45, 2.75) is 39.7 Å². The molecule has 1 aliphatic rings. The SMILES string of the molecule is CC(C)C(=O)C[C@@H]1OC(=O)C[C@H]1C. The van der Waals surface area contributed by atoms with Crippen LogP contribution in [0.2, 0.25) is 0 Å². The van der Waals surface area contributed by atoms with E-state index in [1.807, 2.05) is 20.8 Å². The molecule has 0 N–H and O–H groups in total. The van der Waals surface area contributed by atoms with Gasteiger partial charge in [-0.15, -0.1) is 0 Å². The Hall–Kier alpha value is -0.860. The fraction of sp³-hybridized carbons (Fsp3) is 0.800. The zero-order valence-electron chi connectivity index (χ0n) is 8.37. The molecule has 1 aliphatic heterocycles. The van der Waals surface area contributed by atoms with Gasteiger partial charge in [-0.3, -0.25) is 9.59 Å². The Morgan fingerprint density at radius 3 is 2.62 bits per heavy atom. The number of hydrogen-bond donors (Lipinski definition) is 0. The molecule has 3 heteroatoms. The van der Waals surface area contributed by atoms with Crippen LogP contribution in [0.1, 0.15) is 33.6 Å². The molecule has 0 aromatic rings. The molecule has 0 aliphatic carbocycles. The minimum absolute atomic E-state index is 0.0338. The molecule has 0 saturated carbocycles. The van der Waals surface area contributed by atoms with Gasteiger partial charge in [0.1, 0.15) is 11.9 Å². The van der Waals surface area contributed by atoms with Crippen LogP contribution in [-0.4, -0.2) is 17.9 Å². The van der Waals surface area contributed by atoms with Gasteiger partial charge >= 0.3 is 5.97 Å². The minimum atomic E-state index is -0.178. The number of hydrogen-bond acceptors (Lipinski definition) is 3. The van der Waals surface area contributed by atoms with E-state index in [1.165, 1.54) is 0 Å². The predicted octanol–water partition coefficient (Wildman–Crippen LogP) is 1.55. The maximum Gasteiger partial charge on any atom is 0.306 e. The molecule has 13 heavy (non-hydrogen) atoms. The molecule has 2 atom stereocenters. The first-order chi connectivity index (χ1) is 6.00. The summed E-state index contributed by atoms with van der Waals surface area (Å²) in [6.45, 7) is 5.68. The predicted molar refractivity (Wildman–Crippen MR) is 48.1 cm³/mol. The van der Waals surface area contributed by atoms with Crippen molar-refractivity contribution in [1.82, 2.24) is 0 Å². The number of cyclic esters (lactones) is 1. The molecular formula is C10H16O3. The number of carbonyl (C=O) groups excluding carboxylic acids is 2. The quantitative estimate of drug-likeness (QED) is 0.625. The molecule has 74 valence electrons. The van der Waals surface area contributed by atoms with Crippen LogP contribution in [0.25, 0.3) is 0 Å². The topological polar surface area (TPSA) is 43.4 Å². The Balaban J connectivity index is 2.46. The number of esters is 1. The molecular weight excluding hydrogens is 168 g/mol. The van der Waals surface area contributed by atoms with Crippen molar-refractivity contribution in [2.24, 2.45) is 11.8 Å². The van der Waals surface area contributed by atoms with Gasteiger partial charge in [0, 0.05) is 18.3 Å². The molecule has 0 radical (unpaired) electrons. The Morgan fingerprint density at radius 2 is 2.23 bits per heavy atom. The summed E-state index contributed by atoms with van der Waals surface area (Å²) in [6.07, 6.45) is 0.656. The van der Waals surface area contributed by atoms with Crippen LogP contribution in [0.15, 0.2) is 0 Å². The van der Waals surface area contributed by atoms with Crippen molar-refractivity contribution < 1.29 is 14.3 Å². The van der Waals surface area contributed by atoms with Crippen LogP contribution in [0.4, 0.5) is 0 Å². The molecule has 1 fully saturated rings. The second kappa shape index (κ2) is 3.90. The maximum absolute atomic E-state index is 11.4. The second-order valence-corrected chi connectivity index (χ2v) is 4.03. The van der Waals surface area contributed by atoms with Gasteiger partial charge < -0.3 is 4.74 Å². The molecule has 0 bridgehead atoms. The molecule has 0 spiro atoms. The summed E-state index contributed by atoms with van der Waals surface area (Å²) in [7, 11) is 0. The molecule has 1 heterocycles. The summed E-state index contributed by atoms with van der Waals surface area (Å²) in [6, 6.07) is 0. The number of Topliss-reactive ketones (excluding diaryl/α,β-unsaturated/α-hetero) is 1. The van der Waals surface area contributed by atoms with Crippen LogP contribution in [0, 0.1) is 11.8 Å². The Morgan fingerprint density at radius 1 is 1.62 bits per heavy atom. The van der Waals surface area contributed by atoms with Gasteiger partial charge in [0.05, 0.1) is 6.42 Å². The van der Waals surface area contributed by atoms with Crippen molar-refractivity contribution in [1.29, 1.82) is 0 Å². The van der Waals surface area contributed by atoms with Crippen LogP contribution in [-0.2, 0) is 14.3 Å². The Bertz CT molecular complexity index is 220. The standard InChI is InChI=1S/C10H16O3/c1-6(2)8(11)5-9-7(3)4-10(12)13-9/h6-7,9H,4-5H2,1-3H3/t7-,9+/m1/s1. The highest BCUT2D eigenvalue weighted by atomic mass is 16.5. The van der Waals surface area contributed by atoms with E-state index in [1.54, 1.807) is 0 Å². The summed E-state index contributed by atoms with van der Waals surface area (Å²) in [5.41, 5.74) is 0. The van der Waals surface area contributed by atoms with E-state index in [-0.39, 0.29) is 29.7 Å². The number of rotatable bonds is 3. The molecule has 0 aromatic carbocycles. The number of carbonyl (C=O) groups is 2. The molecule has 1 rings (SSSR count). The van der Waals surface area contributed by atoms with E-state index >= 15 is 0 Å². The summed E-state index contributed by atoms with van der Waals surface area (Å²) >= 11 is 0. The fourth-order valence-corrected chi connectivity index (χ4v) is 1.40. The zero-order chi connectivity index (χ0) is 10.0. The maximum atomic E-state index is 11.4. The molecule has 3 nitrogen and oxygen atoms in total. The minimum Gasteiger partial charge on any atom is -0.462 e. The lowest BCUT2D eigenvalue weighted by Gasteiger charge is -2.13. The number of ketones is 1. The van der Waals surface area contributed by atoms with E-state index in [0.717, 1.165) is 0 Å². The highest BCUT2D eigenvalue weighted by Crippen LogP contribution is 2.24. The Labute approximate surface area is 78.5 Å². The van der Waals surface area contributed by atoms with Gasteiger partial charge in [-0.1, -0.05) is 20.8 Å². The first kappa shape index (κ1) is 10.2. The second-order valence-electron chi connectivity index (χ2n) is 4.03. The molecule has 0 unspecified atom stereocenters. The van der Waals surface area contributed by atoms with Crippen molar-refractivity contribution in [3.63, 3.8) is 0 Å². The van der Waals surface area contributed by atoms with Gasteiger partial charge in [-0.05, 0) is 0 Å². The third kappa shape index (κ3) is 2.54. The van der Waals surface area contributed by atoms with Gasteiger partial charge in [0.2, 0.25) is 0 Å². The monoisotopic (exact) mass is 184 g/mol. The molecule has 0 amide bonds. The summed E-state index contributed by atoms with van der Waals surface area (Å²) in [4.78, 5) is 22.2. The third-order valence-electron chi connectivity index (χ3n) is 2.45. The van der Waals surface area contributed by atoms with Crippen LogP contribution in [0.5, 0.6) is 0 Å². The van der Waals surface area contributed by atoms with E-state index in [4.69, 9.17) is 4.74 Å². The largest absolute Gasteiger partial charge is 0.462 e. The van der Waals surface area contributed by atoms with E-state index < -0.39 is 0 Å². The van der Waals surface area contributed by atoms with E-state index in [9.17, 15) is 9.59 Å². The van der Waals surface area contributed by atoms with Crippen molar-refractivity contribution in [3.05, 3.63) is 0 Å². The van der Waals surface area contributed by atoms with Gasteiger partial charge in [-0.2, -0.15) is 0 Å². The van der Waals surface area contributed by atoms with E-state index in [2.05, 4.69) is 0 Å². The summed E-state index contributed by atoms with van der Waals surface area (Å²) in [5.74, 6) is 0.224. The van der Waals surface area contributed by atoms with Gasteiger partial charge in [-0.25, -0.2) is 0 Å². The van der Waals surface area contributed by atoms with Gasteiger partial charge in [0.25, 0.3) is 0 Å². The van der Waals surface area contributed by atoms with Crippen molar-refractivity contribution in [2.75, 3.05) is 0 Å². The van der Waals surface area contributed by atoms with Gasteiger partial charge in [0.15, 0.2) is 0 Å². The number of ether oxygens (including phenoxy) is 1. The first-order valence-electron chi connectivity index (χ1n) is 4.73. The highest BCUT2D eigenvalue weighted by molar-refractivity contribution is 5.82. The first-order valence-corrected chi connectivity index (χ1v) is 4.73. The average molecular weight is 184 g/mol.